The van der Waals surface area contributed by atoms with E-state index in [9.17, 15) is 4.79 Å². The lowest BCUT2D eigenvalue weighted by atomic mass is 10.1. The van der Waals surface area contributed by atoms with Gasteiger partial charge >= 0.3 is 5.97 Å². The number of rotatable bonds is 5. The Hall–Kier alpha value is -0.940. The second-order valence-corrected chi connectivity index (χ2v) is 4.89. The van der Waals surface area contributed by atoms with Crippen molar-refractivity contribution in [2.75, 3.05) is 14.2 Å². The van der Waals surface area contributed by atoms with Gasteiger partial charge in [0.15, 0.2) is 0 Å². The van der Waals surface area contributed by atoms with Crippen LogP contribution in [-0.4, -0.2) is 20.2 Å². The molecule has 0 saturated carbocycles. The summed E-state index contributed by atoms with van der Waals surface area (Å²) in [5.41, 5.74) is 1.32. The fourth-order valence-corrected chi connectivity index (χ4v) is 2.42. The van der Waals surface area contributed by atoms with Crippen LogP contribution in [0.2, 0.25) is 0 Å². The SMILES string of the molecule is C=CSCc1ccc(Br)c(OC)c1C(=O)OC. The summed E-state index contributed by atoms with van der Waals surface area (Å²) in [5, 5.41) is 1.73. The molecule has 3 nitrogen and oxygen atoms in total. The normalized spacial score (nSPS) is 9.82. The van der Waals surface area contributed by atoms with Gasteiger partial charge in [0.05, 0.1) is 18.7 Å². The van der Waals surface area contributed by atoms with E-state index in [1.54, 1.807) is 5.41 Å². The van der Waals surface area contributed by atoms with Crippen molar-refractivity contribution in [3.05, 3.63) is 39.7 Å². The number of methoxy groups -OCH3 is 2. The molecule has 0 spiro atoms. The summed E-state index contributed by atoms with van der Waals surface area (Å²) >= 11 is 4.86. The largest absolute Gasteiger partial charge is 0.495 e. The summed E-state index contributed by atoms with van der Waals surface area (Å²) in [6, 6.07) is 3.72. The Labute approximate surface area is 113 Å². The number of halogens is 1. The van der Waals surface area contributed by atoms with Crippen LogP contribution in [0.5, 0.6) is 5.75 Å². The summed E-state index contributed by atoms with van der Waals surface area (Å²) in [7, 11) is 2.88. The van der Waals surface area contributed by atoms with E-state index in [1.807, 2.05) is 12.1 Å². The zero-order valence-electron chi connectivity index (χ0n) is 9.66. The number of carbonyl (C=O) groups is 1. The molecule has 0 fully saturated rings. The quantitative estimate of drug-likeness (QED) is 0.777. The van der Waals surface area contributed by atoms with Gasteiger partial charge in [-0.1, -0.05) is 12.6 Å². The van der Waals surface area contributed by atoms with Gasteiger partial charge in [0.1, 0.15) is 11.3 Å². The van der Waals surface area contributed by atoms with E-state index < -0.39 is 5.97 Å². The highest BCUT2D eigenvalue weighted by Crippen LogP contribution is 2.33. The molecule has 92 valence electrons. The lowest BCUT2D eigenvalue weighted by Crippen LogP contribution is -2.08. The van der Waals surface area contributed by atoms with Crippen molar-refractivity contribution >= 4 is 33.7 Å². The molecular formula is C12H13BrO3S. The van der Waals surface area contributed by atoms with E-state index in [-0.39, 0.29) is 0 Å². The van der Waals surface area contributed by atoms with Gasteiger partial charge in [0, 0.05) is 5.75 Å². The minimum absolute atomic E-state index is 0.400. The number of hydrogen-bond acceptors (Lipinski definition) is 4. The van der Waals surface area contributed by atoms with E-state index >= 15 is 0 Å². The van der Waals surface area contributed by atoms with Crippen molar-refractivity contribution in [2.45, 2.75) is 5.75 Å². The number of carbonyl (C=O) groups excluding carboxylic acids is 1. The lowest BCUT2D eigenvalue weighted by molar-refractivity contribution is 0.0596. The first-order chi connectivity index (χ1) is 8.15. The maximum Gasteiger partial charge on any atom is 0.342 e. The number of hydrogen-bond donors (Lipinski definition) is 0. The minimum Gasteiger partial charge on any atom is -0.495 e. The molecule has 0 heterocycles. The smallest absolute Gasteiger partial charge is 0.342 e. The zero-order chi connectivity index (χ0) is 12.8. The van der Waals surface area contributed by atoms with Crippen LogP contribution in [0.1, 0.15) is 15.9 Å². The van der Waals surface area contributed by atoms with Crippen molar-refractivity contribution in [3.8, 4) is 5.75 Å². The van der Waals surface area contributed by atoms with Crippen LogP contribution < -0.4 is 4.74 Å². The lowest BCUT2D eigenvalue weighted by Gasteiger charge is -2.13. The summed E-state index contributed by atoms with van der Waals surface area (Å²) in [6.45, 7) is 3.64. The Bertz CT molecular complexity index is 432. The summed E-state index contributed by atoms with van der Waals surface area (Å²) in [4.78, 5) is 11.8. The fraction of sp³-hybridized carbons (Fsp3) is 0.250. The third kappa shape index (κ3) is 3.26. The molecule has 0 aliphatic rings. The van der Waals surface area contributed by atoms with Gasteiger partial charge < -0.3 is 9.47 Å². The predicted octanol–water partition coefficient (Wildman–Crippen LogP) is 3.62. The van der Waals surface area contributed by atoms with Crippen LogP contribution in [0.3, 0.4) is 0 Å². The number of esters is 1. The topological polar surface area (TPSA) is 35.5 Å². The summed E-state index contributed by atoms with van der Waals surface area (Å²) in [6.07, 6.45) is 0. The first-order valence-electron chi connectivity index (χ1n) is 4.81. The Morgan fingerprint density at radius 2 is 2.24 bits per heavy atom. The highest BCUT2D eigenvalue weighted by Gasteiger charge is 2.20. The molecule has 0 aliphatic heterocycles. The molecule has 1 rings (SSSR count). The Morgan fingerprint density at radius 3 is 2.76 bits per heavy atom. The zero-order valence-corrected chi connectivity index (χ0v) is 12.1. The Balaban J connectivity index is 3.28. The second-order valence-electron chi connectivity index (χ2n) is 3.08. The Kier molecular flexibility index (Phi) is 5.58. The maximum absolute atomic E-state index is 11.8. The molecule has 0 saturated heterocycles. The van der Waals surface area contributed by atoms with Crippen LogP contribution in [0.25, 0.3) is 0 Å². The monoisotopic (exact) mass is 316 g/mol. The number of ether oxygens (including phenoxy) is 2. The number of thioether (sulfide) groups is 1. The average molecular weight is 317 g/mol. The van der Waals surface area contributed by atoms with E-state index in [1.165, 1.54) is 26.0 Å². The third-order valence-electron chi connectivity index (χ3n) is 2.15. The molecule has 0 unspecified atom stereocenters. The van der Waals surface area contributed by atoms with Crippen LogP contribution >= 0.6 is 27.7 Å². The van der Waals surface area contributed by atoms with Gasteiger partial charge in [-0.05, 0) is 33.0 Å². The molecule has 1 aromatic carbocycles. The van der Waals surface area contributed by atoms with Crippen molar-refractivity contribution in [1.82, 2.24) is 0 Å². The highest BCUT2D eigenvalue weighted by molar-refractivity contribution is 9.10. The standard InChI is InChI=1S/C12H13BrO3S/c1-4-17-7-8-5-6-9(13)11(15-2)10(8)12(14)16-3/h4-6H,1,7H2,2-3H3. The van der Waals surface area contributed by atoms with Gasteiger partial charge in [-0.25, -0.2) is 4.79 Å². The maximum atomic E-state index is 11.8. The average Bonchev–Trinajstić information content (AvgIpc) is 2.35. The van der Waals surface area contributed by atoms with Crippen molar-refractivity contribution in [3.63, 3.8) is 0 Å². The first-order valence-corrected chi connectivity index (χ1v) is 6.66. The van der Waals surface area contributed by atoms with E-state index in [4.69, 9.17) is 9.47 Å². The molecule has 0 atom stereocenters. The van der Waals surface area contributed by atoms with Crippen molar-refractivity contribution in [1.29, 1.82) is 0 Å². The van der Waals surface area contributed by atoms with Crippen LogP contribution in [-0.2, 0) is 10.5 Å². The minimum atomic E-state index is -0.400. The number of benzene rings is 1. The highest BCUT2D eigenvalue weighted by atomic mass is 79.9. The molecule has 17 heavy (non-hydrogen) atoms. The molecule has 0 aromatic heterocycles. The summed E-state index contributed by atoms with van der Waals surface area (Å²) < 4.78 is 10.7. The molecule has 0 aliphatic carbocycles. The summed E-state index contributed by atoms with van der Waals surface area (Å²) in [5.74, 6) is 0.749. The molecule has 0 bridgehead atoms. The van der Waals surface area contributed by atoms with Gasteiger partial charge in [0.2, 0.25) is 0 Å². The predicted molar refractivity (Wildman–Crippen MR) is 73.5 cm³/mol. The van der Waals surface area contributed by atoms with Gasteiger partial charge in [-0.15, -0.1) is 11.8 Å². The van der Waals surface area contributed by atoms with Gasteiger partial charge in [-0.2, -0.15) is 0 Å². The Morgan fingerprint density at radius 1 is 1.53 bits per heavy atom. The molecule has 5 heteroatoms. The van der Waals surface area contributed by atoms with Gasteiger partial charge in [0.25, 0.3) is 0 Å². The third-order valence-corrected chi connectivity index (χ3v) is 3.48. The van der Waals surface area contributed by atoms with Crippen molar-refractivity contribution < 1.29 is 14.3 Å². The van der Waals surface area contributed by atoms with Crippen LogP contribution in [0, 0.1) is 0 Å². The van der Waals surface area contributed by atoms with Gasteiger partial charge in [-0.3, -0.25) is 0 Å². The molecule has 0 radical (unpaired) electrons. The van der Waals surface area contributed by atoms with Crippen LogP contribution in [0.4, 0.5) is 0 Å². The second kappa shape index (κ2) is 6.71. The van der Waals surface area contributed by atoms with E-state index in [0.29, 0.717) is 17.1 Å². The first kappa shape index (κ1) is 14.1. The van der Waals surface area contributed by atoms with E-state index in [0.717, 1.165) is 10.0 Å². The van der Waals surface area contributed by atoms with Crippen LogP contribution in [0.15, 0.2) is 28.6 Å². The molecule has 1 aromatic rings. The molecule has 0 N–H and O–H groups in total. The van der Waals surface area contributed by atoms with E-state index in [2.05, 4.69) is 22.5 Å². The molecule has 0 amide bonds. The molecular weight excluding hydrogens is 304 g/mol. The van der Waals surface area contributed by atoms with Crippen molar-refractivity contribution in [2.24, 2.45) is 0 Å². The fourth-order valence-electron chi connectivity index (χ4n) is 1.39.